The van der Waals surface area contributed by atoms with Crippen LogP contribution in [0.1, 0.15) is 0 Å². The minimum atomic E-state index is -0.499. The highest BCUT2D eigenvalue weighted by Gasteiger charge is 2.25. The van der Waals surface area contributed by atoms with Crippen molar-refractivity contribution in [1.82, 2.24) is 15.1 Å². The van der Waals surface area contributed by atoms with Crippen molar-refractivity contribution in [3.8, 4) is 10.6 Å². The molecule has 0 saturated heterocycles. The molecule has 0 unspecified atom stereocenters. The van der Waals surface area contributed by atoms with Gasteiger partial charge in [-0.05, 0) is 0 Å². The quantitative estimate of drug-likeness (QED) is 0.852. The molecule has 3 rings (SSSR count). The molecule has 3 amide bonds. The van der Waals surface area contributed by atoms with Gasteiger partial charge in [0.15, 0.2) is 0 Å². The molecule has 0 saturated carbocycles. The minimum absolute atomic E-state index is 0.316. The largest absolute Gasteiger partial charge is 0.299 e. The summed E-state index contributed by atoms with van der Waals surface area (Å²) in [6, 6.07) is 9.43. The molecule has 8 heteroatoms. The first kappa shape index (κ1) is 14.1. The molecule has 0 atom stereocenters. The maximum atomic E-state index is 11.9. The van der Waals surface area contributed by atoms with Crippen molar-refractivity contribution in [3.63, 3.8) is 0 Å². The first-order valence-electron chi connectivity index (χ1n) is 6.36. The average Bonchev–Trinajstić information content (AvgIpc) is 3.10. The predicted octanol–water partition coefficient (Wildman–Crippen LogP) is 1.07. The second-order valence-corrected chi connectivity index (χ2v) is 5.40. The van der Waals surface area contributed by atoms with Crippen molar-refractivity contribution < 1.29 is 14.4 Å². The van der Waals surface area contributed by atoms with Gasteiger partial charge in [-0.2, -0.15) is 0 Å². The van der Waals surface area contributed by atoms with Gasteiger partial charge in [0.1, 0.15) is 11.6 Å². The number of rotatable bonds is 4. The van der Waals surface area contributed by atoms with Gasteiger partial charge in [0.05, 0.1) is 0 Å². The van der Waals surface area contributed by atoms with Crippen LogP contribution in [-0.2, 0) is 14.4 Å². The van der Waals surface area contributed by atoms with Crippen LogP contribution in [0.2, 0.25) is 0 Å². The van der Waals surface area contributed by atoms with E-state index in [4.69, 9.17) is 0 Å². The highest BCUT2D eigenvalue weighted by atomic mass is 32.1. The fourth-order valence-electron chi connectivity index (χ4n) is 1.86. The van der Waals surface area contributed by atoms with E-state index in [0.29, 0.717) is 10.1 Å². The van der Waals surface area contributed by atoms with E-state index in [1.54, 1.807) is 0 Å². The summed E-state index contributed by atoms with van der Waals surface area (Å²) in [6.45, 7) is -0.342. The third-order valence-electron chi connectivity index (χ3n) is 2.89. The van der Waals surface area contributed by atoms with Crippen LogP contribution in [0.15, 0.2) is 42.5 Å². The van der Waals surface area contributed by atoms with Crippen molar-refractivity contribution >= 4 is 34.2 Å². The van der Waals surface area contributed by atoms with E-state index in [1.807, 2.05) is 30.3 Å². The van der Waals surface area contributed by atoms with Crippen LogP contribution in [0.3, 0.4) is 0 Å². The van der Waals surface area contributed by atoms with E-state index < -0.39 is 17.7 Å². The Hall–Kier alpha value is -2.87. The van der Waals surface area contributed by atoms with E-state index >= 15 is 0 Å². The number of amides is 3. The third-order valence-corrected chi connectivity index (χ3v) is 3.78. The zero-order chi connectivity index (χ0) is 15.5. The Kier molecular flexibility index (Phi) is 3.75. The molecule has 1 aromatic carbocycles. The lowest BCUT2D eigenvalue weighted by molar-refractivity contribution is -0.139. The van der Waals surface area contributed by atoms with Gasteiger partial charge < -0.3 is 0 Å². The average molecular weight is 314 g/mol. The van der Waals surface area contributed by atoms with Gasteiger partial charge in [0.25, 0.3) is 11.8 Å². The molecule has 1 aromatic heterocycles. The lowest BCUT2D eigenvalue weighted by Gasteiger charge is -2.11. The first-order valence-corrected chi connectivity index (χ1v) is 7.17. The van der Waals surface area contributed by atoms with Gasteiger partial charge in [0.2, 0.25) is 11.0 Å². The minimum Gasteiger partial charge on any atom is -0.299 e. The number of carbonyl (C=O) groups excluding carboxylic acids is 3. The van der Waals surface area contributed by atoms with Crippen LogP contribution >= 0.6 is 11.3 Å². The number of nitrogens with zero attached hydrogens (tertiary/aromatic N) is 3. The van der Waals surface area contributed by atoms with Crippen molar-refractivity contribution in [1.29, 1.82) is 0 Å². The number of benzene rings is 1. The van der Waals surface area contributed by atoms with Gasteiger partial charge in [0, 0.05) is 17.7 Å². The van der Waals surface area contributed by atoms with Crippen molar-refractivity contribution in [2.24, 2.45) is 0 Å². The molecule has 0 radical (unpaired) electrons. The molecule has 1 N–H and O–H groups in total. The Labute approximate surface area is 129 Å². The molecule has 7 nitrogen and oxygen atoms in total. The smallest absolute Gasteiger partial charge is 0.254 e. The second-order valence-electron chi connectivity index (χ2n) is 4.42. The van der Waals surface area contributed by atoms with Gasteiger partial charge in [-0.3, -0.25) is 24.6 Å². The number of hydrogen-bond acceptors (Lipinski definition) is 6. The molecule has 0 aliphatic carbocycles. The Bertz CT molecular complexity index is 751. The summed E-state index contributed by atoms with van der Waals surface area (Å²) in [4.78, 5) is 35.5. The lowest BCUT2D eigenvalue weighted by Crippen LogP contribution is -2.37. The van der Waals surface area contributed by atoms with Crippen molar-refractivity contribution in [2.75, 3.05) is 11.9 Å². The van der Waals surface area contributed by atoms with E-state index in [1.165, 1.54) is 11.3 Å². The van der Waals surface area contributed by atoms with E-state index in [2.05, 4.69) is 15.5 Å². The van der Waals surface area contributed by atoms with Crippen LogP contribution in [0, 0.1) is 0 Å². The van der Waals surface area contributed by atoms with E-state index in [0.717, 1.165) is 22.6 Å². The van der Waals surface area contributed by atoms with Crippen LogP contribution < -0.4 is 5.32 Å². The molecule has 1 aliphatic rings. The first-order chi connectivity index (χ1) is 10.6. The maximum absolute atomic E-state index is 11.9. The summed E-state index contributed by atoms with van der Waals surface area (Å²) in [6.07, 6.45) is 2.27. The Balaban J connectivity index is 1.64. The van der Waals surface area contributed by atoms with Crippen LogP contribution in [0.25, 0.3) is 10.6 Å². The predicted molar refractivity (Wildman–Crippen MR) is 79.8 cm³/mol. The SMILES string of the molecule is O=C(CN1C(=O)C=CC1=O)Nc1nnc(-c2ccccc2)s1. The summed E-state index contributed by atoms with van der Waals surface area (Å²) in [5.41, 5.74) is 0.898. The highest BCUT2D eigenvalue weighted by molar-refractivity contribution is 7.18. The zero-order valence-corrected chi connectivity index (χ0v) is 12.0. The van der Waals surface area contributed by atoms with Gasteiger partial charge in [-0.25, -0.2) is 0 Å². The Morgan fingerprint density at radius 1 is 1.09 bits per heavy atom. The molecule has 0 spiro atoms. The summed E-state index contributed by atoms with van der Waals surface area (Å²) in [5.74, 6) is -1.49. The van der Waals surface area contributed by atoms with Crippen molar-refractivity contribution in [3.05, 3.63) is 42.5 Å². The summed E-state index contributed by atoms with van der Waals surface area (Å²) < 4.78 is 0. The van der Waals surface area contributed by atoms with E-state index in [9.17, 15) is 14.4 Å². The molecule has 0 bridgehead atoms. The standard InChI is InChI=1S/C14H10N4O3S/c19-10(8-18-11(20)6-7-12(18)21)15-14-17-16-13(22-14)9-4-2-1-3-5-9/h1-7H,8H2,(H,15,17,19). The van der Waals surface area contributed by atoms with Gasteiger partial charge >= 0.3 is 0 Å². The molecular weight excluding hydrogens is 304 g/mol. The molecule has 22 heavy (non-hydrogen) atoms. The Morgan fingerprint density at radius 3 is 2.45 bits per heavy atom. The number of imide groups is 1. The molecule has 1 aliphatic heterocycles. The molecule has 2 aromatic rings. The molecule has 2 heterocycles. The molecule has 110 valence electrons. The summed E-state index contributed by atoms with van der Waals surface area (Å²) >= 11 is 1.22. The number of carbonyl (C=O) groups is 3. The number of aromatic nitrogens is 2. The summed E-state index contributed by atoms with van der Waals surface area (Å²) in [7, 11) is 0. The third kappa shape index (κ3) is 2.91. The normalized spacial score (nSPS) is 13.7. The van der Waals surface area contributed by atoms with Gasteiger partial charge in [-0.15, -0.1) is 10.2 Å². The monoisotopic (exact) mass is 314 g/mol. The molecular formula is C14H10N4O3S. The van der Waals surface area contributed by atoms with Gasteiger partial charge in [-0.1, -0.05) is 41.7 Å². The zero-order valence-electron chi connectivity index (χ0n) is 11.2. The number of hydrogen-bond donors (Lipinski definition) is 1. The molecule has 0 fully saturated rings. The number of anilines is 1. The van der Waals surface area contributed by atoms with E-state index in [-0.39, 0.29) is 6.54 Å². The second kappa shape index (κ2) is 5.86. The number of nitrogens with one attached hydrogen (secondary N) is 1. The fraction of sp³-hybridized carbons (Fsp3) is 0.0714. The van der Waals surface area contributed by atoms with Crippen LogP contribution in [0.4, 0.5) is 5.13 Å². The highest BCUT2D eigenvalue weighted by Crippen LogP contribution is 2.25. The fourth-order valence-corrected chi connectivity index (χ4v) is 2.63. The van der Waals surface area contributed by atoms with Crippen molar-refractivity contribution in [2.45, 2.75) is 0 Å². The topological polar surface area (TPSA) is 92.3 Å². The van der Waals surface area contributed by atoms with Crippen LogP contribution in [-0.4, -0.2) is 39.4 Å². The van der Waals surface area contributed by atoms with Crippen LogP contribution in [0.5, 0.6) is 0 Å². The maximum Gasteiger partial charge on any atom is 0.254 e. The lowest BCUT2D eigenvalue weighted by atomic mass is 10.2. The summed E-state index contributed by atoms with van der Waals surface area (Å²) in [5, 5.41) is 11.4. The Morgan fingerprint density at radius 2 is 1.77 bits per heavy atom.